The van der Waals surface area contributed by atoms with Gasteiger partial charge in [-0.05, 0) is 24.0 Å². The van der Waals surface area contributed by atoms with Crippen molar-refractivity contribution < 1.29 is 13.2 Å². The van der Waals surface area contributed by atoms with Crippen LogP contribution in [0.4, 0.5) is 0 Å². The molecule has 1 amide bonds. The lowest BCUT2D eigenvalue weighted by Gasteiger charge is -2.30. The molecule has 1 aromatic carbocycles. The fraction of sp³-hybridized carbons (Fsp3) is 0.533. The number of rotatable bonds is 1. The third-order valence-corrected chi connectivity index (χ3v) is 5.96. The minimum absolute atomic E-state index is 0. The van der Waals surface area contributed by atoms with Gasteiger partial charge >= 0.3 is 0 Å². The van der Waals surface area contributed by atoms with Gasteiger partial charge in [0.2, 0.25) is 5.91 Å². The Morgan fingerprint density at radius 1 is 1.14 bits per heavy atom. The number of carbonyl (C=O) groups is 1. The predicted molar refractivity (Wildman–Crippen MR) is 87.9 cm³/mol. The largest absolute Gasteiger partial charge is 0.340 e. The summed E-state index contributed by atoms with van der Waals surface area (Å²) in [6.07, 6.45) is 1.22. The van der Waals surface area contributed by atoms with Crippen LogP contribution in [0.1, 0.15) is 17.5 Å². The number of nitrogens with zero attached hydrogens (tertiary/aromatic N) is 1. The average molecular weight is 345 g/mol. The Bertz CT molecular complexity index is 648. The van der Waals surface area contributed by atoms with Crippen LogP contribution in [0, 0.1) is 0 Å². The second kappa shape index (κ2) is 6.98. The molecule has 2 aliphatic heterocycles. The van der Waals surface area contributed by atoms with E-state index in [1.54, 1.807) is 4.90 Å². The van der Waals surface area contributed by atoms with Gasteiger partial charge in [0, 0.05) is 19.6 Å². The molecule has 1 aromatic rings. The summed E-state index contributed by atoms with van der Waals surface area (Å²) in [6, 6.07) is 7.89. The summed E-state index contributed by atoms with van der Waals surface area (Å²) in [6.45, 7) is 1.55. The molecule has 1 N–H and O–H groups in total. The average Bonchev–Trinajstić information content (AvgIpc) is 2.67. The molecular weight excluding hydrogens is 324 g/mol. The molecule has 1 atom stereocenters. The van der Waals surface area contributed by atoms with Crippen LogP contribution in [0.2, 0.25) is 0 Å². The highest BCUT2D eigenvalue weighted by Gasteiger charge is 2.30. The van der Waals surface area contributed by atoms with Crippen LogP contribution < -0.4 is 5.32 Å². The van der Waals surface area contributed by atoms with Crippen LogP contribution in [-0.4, -0.2) is 49.9 Å². The van der Waals surface area contributed by atoms with E-state index in [1.165, 1.54) is 11.1 Å². The zero-order valence-electron chi connectivity index (χ0n) is 12.3. The summed E-state index contributed by atoms with van der Waals surface area (Å²) in [5.41, 5.74) is 2.44. The number of fused-ring (bicyclic) bond motifs is 1. The molecular formula is C15H21ClN2O3S. The maximum absolute atomic E-state index is 12.6. The molecule has 3 rings (SSSR count). The number of hydrogen-bond acceptors (Lipinski definition) is 4. The second-order valence-electron chi connectivity index (χ2n) is 5.74. The summed E-state index contributed by atoms with van der Waals surface area (Å²) >= 11 is 0. The monoisotopic (exact) mass is 344 g/mol. The van der Waals surface area contributed by atoms with Crippen molar-refractivity contribution in [2.24, 2.45) is 0 Å². The Morgan fingerprint density at radius 3 is 2.64 bits per heavy atom. The normalized spacial score (nSPS) is 23.8. The van der Waals surface area contributed by atoms with Crippen LogP contribution in [0.3, 0.4) is 0 Å². The minimum Gasteiger partial charge on any atom is -0.340 e. The van der Waals surface area contributed by atoms with E-state index in [-0.39, 0.29) is 35.9 Å². The number of carbonyl (C=O) groups excluding carboxylic acids is 1. The van der Waals surface area contributed by atoms with Gasteiger partial charge in [0.05, 0.1) is 17.5 Å². The second-order valence-corrected chi connectivity index (χ2v) is 8.04. The van der Waals surface area contributed by atoms with Gasteiger partial charge < -0.3 is 10.2 Å². The highest BCUT2D eigenvalue weighted by Crippen LogP contribution is 2.18. The lowest BCUT2D eigenvalue weighted by atomic mass is 9.95. The zero-order valence-corrected chi connectivity index (χ0v) is 14.0. The molecule has 0 radical (unpaired) electrons. The lowest BCUT2D eigenvalue weighted by Crippen LogP contribution is -2.50. The summed E-state index contributed by atoms with van der Waals surface area (Å²) in [5.74, 6) is 0.307. The number of hydrogen-bond donors (Lipinski definition) is 1. The molecule has 1 fully saturated rings. The van der Waals surface area contributed by atoms with Crippen molar-refractivity contribution in [3.63, 3.8) is 0 Å². The Kier molecular flexibility index (Phi) is 5.47. The molecule has 122 valence electrons. The van der Waals surface area contributed by atoms with Gasteiger partial charge in [-0.25, -0.2) is 8.42 Å². The Morgan fingerprint density at radius 2 is 1.86 bits per heavy atom. The fourth-order valence-electron chi connectivity index (χ4n) is 3.01. The summed E-state index contributed by atoms with van der Waals surface area (Å²) in [7, 11) is -2.98. The standard InChI is InChI=1S/C15H20N2O3S.ClH/c18-15(17-6-3-8-21(19,20)9-7-17)14-10-12-4-1-2-5-13(12)11-16-14;/h1-2,4-5,14,16H,3,6-11H2;1H. The van der Waals surface area contributed by atoms with Gasteiger partial charge in [-0.3, -0.25) is 4.79 Å². The predicted octanol–water partition coefficient (Wildman–Crippen LogP) is 0.770. The number of nitrogens with one attached hydrogen (secondary N) is 1. The lowest BCUT2D eigenvalue weighted by molar-refractivity contribution is -0.133. The van der Waals surface area contributed by atoms with E-state index in [4.69, 9.17) is 0 Å². The van der Waals surface area contributed by atoms with E-state index in [2.05, 4.69) is 17.4 Å². The van der Waals surface area contributed by atoms with Gasteiger partial charge in [0.15, 0.2) is 9.84 Å². The molecule has 0 bridgehead atoms. The molecule has 0 aromatic heterocycles. The Balaban J connectivity index is 0.00000176. The molecule has 1 unspecified atom stereocenters. The minimum atomic E-state index is -2.98. The molecule has 5 nitrogen and oxygen atoms in total. The van der Waals surface area contributed by atoms with E-state index in [0.29, 0.717) is 32.5 Å². The van der Waals surface area contributed by atoms with Crippen LogP contribution in [0.15, 0.2) is 24.3 Å². The van der Waals surface area contributed by atoms with Crippen molar-refractivity contribution in [1.29, 1.82) is 0 Å². The first-order valence-electron chi connectivity index (χ1n) is 7.34. The van der Waals surface area contributed by atoms with Gasteiger partial charge in [-0.1, -0.05) is 24.3 Å². The highest BCUT2D eigenvalue weighted by molar-refractivity contribution is 7.91. The van der Waals surface area contributed by atoms with Gasteiger partial charge in [-0.15, -0.1) is 12.4 Å². The van der Waals surface area contributed by atoms with Crippen molar-refractivity contribution in [3.05, 3.63) is 35.4 Å². The third kappa shape index (κ3) is 3.80. The van der Waals surface area contributed by atoms with Crippen LogP contribution in [0.5, 0.6) is 0 Å². The molecule has 2 aliphatic rings. The summed E-state index contributed by atoms with van der Waals surface area (Å²) in [5, 5.41) is 3.27. The molecule has 0 saturated carbocycles. The zero-order chi connectivity index (χ0) is 14.9. The molecule has 0 spiro atoms. The van der Waals surface area contributed by atoms with Crippen molar-refractivity contribution in [2.45, 2.75) is 25.4 Å². The van der Waals surface area contributed by atoms with E-state index in [9.17, 15) is 13.2 Å². The quantitative estimate of drug-likeness (QED) is 0.817. The van der Waals surface area contributed by atoms with E-state index < -0.39 is 9.84 Å². The molecule has 1 saturated heterocycles. The first kappa shape index (κ1) is 17.2. The van der Waals surface area contributed by atoms with Gasteiger partial charge in [0.1, 0.15) is 0 Å². The Hall–Kier alpha value is -1.11. The van der Waals surface area contributed by atoms with Crippen LogP contribution in [-0.2, 0) is 27.6 Å². The van der Waals surface area contributed by atoms with Gasteiger partial charge in [-0.2, -0.15) is 0 Å². The Labute approximate surface area is 137 Å². The highest BCUT2D eigenvalue weighted by atomic mass is 35.5. The number of sulfone groups is 1. The van der Waals surface area contributed by atoms with E-state index >= 15 is 0 Å². The molecule has 22 heavy (non-hydrogen) atoms. The van der Waals surface area contributed by atoms with Crippen molar-refractivity contribution in [3.8, 4) is 0 Å². The van der Waals surface area contributed by atoms with Crippen LogP contribution in [0.25, 0.3) is 0 Å². The number of halogens is 1. The third-order valence-electron chi connectivity index (χ3n) is 4.25. The van der Waals surface area contributed by atoms with Gasteiger partial charge in [0.25, 0.3) is 0 Å². The van der Waals surface area contributed by atoms with E-state index in [0.717, 1.165) is 0 Å². The van der Waals surface area contributed by atoms with Crippen molar-refractivity contribution >= 4 is 28.2 Å². The van der Waals surface area contributed by atoms with Crippen molar-refractivity contribution in [2.75, 3.05) is 24.6 Å². The van der Waals surface area contributed by atoms with Crippen molar-refractivity contribution in [1.82, 2.24) is 10.2 Å². The smallest absolute Gasteiger partial charge is 0.240 e. The molecule has 0 aliphatic carbocycles. The maximum atomic E-state index is 12.6. The van der Waals surface area contributed by atoms with Crippen LogP contribution >= 0.6 is 12.4 Å². The van der Waals surface area contributed by atoms with E-state index in [1.807, 2.05) is 12.1 Å². The summed E-state index contributed by atoms with van der Waals surface area (Å²) < 4.78 is 23.3. The summed E-state index contributed by atoms with van der Waals surface area (Å²) in [4.78, 5) is 14.3. The topological polar surface area (TPSA) is 66.5 Å². The fourth-order valence-corrected chi connectivity index (χ4v) is 4.28. The SMILES string of the molecule is Cl.O=C(C1Cc2ccccc2CN1)N1CCCS(=O)(=O)CC1. The molecule has 2 heterocycles. The number of benzene rings is 1. The first-order chi connectivity index (χ1) is 10.1. The number of amides is 1. The maximum Gasteiger partial charge on any atom is 0.240 e. The first-order valence-corrected chi connectivity index (χ1v) is 9.17. The molecule has 7 heteroatoms.